The molecule has 6 nitrogen and oxygen atoms in total. The molecule has 1 aliphatic rings. The predicted octanol–water partition coefficient (Wildman–Crippen LogP) is 1.56. The lowest BCUT2D eigenvalue weighted by molar-refractivity contribution is 0.0941. The summed E-state index contributed by atoms with van der Waals surface area (Å²) in [4.78, 5) is 12.1. The Balaban J connectivity index is 0.00000312. The Morgan fingerprint density at radius 1 is 1.24 bits per heavy atom. The quantitative estimate of drug-likeness (QED) is 0.761. The van der Waals surface area contributed by atoms with Gasteiger partial charge in [-0.2, -0.15) is 13.1 Å². The van der Waals surface area contributed by atoms with E-state index in [-0.39, 0.29) is 37.3 Å². The summed E-state index contributed by atoms with van der Waals surface area (Å²) in [6.45, 7) is 0.902. The van der Waals surface area contributed by atoms with Crippen molar-refractivity contribution in [2.45, 2.75) is 25.1 Å². The summed E-state index contributed by atoms with van der Waals surface area (Å²) < 4.78 is 48.6. The van der Waals surface area contributed by atoms with Crippen LogP contribution in [0.5, 0.6) is 0 Å². The van der Waals surface area contributed by atoms with Crippen LogP contribution in [0, 0.1) is 5.92 Å². The molecule has 1 aromatic rings. The van der Waals surface area contributed by atoms with E-state index in [2.05, 4.69) is 5.32 Å². The minimum atomic E-state index is -4.50. The zero-order chi connectivity index (χ0) is 17.7. The molecular weight excluding hydrogens is 376 g/mol. The molecule has 0 atom stereocenters. The van der Waals surface area contributed by atoms with Gasteiger partial charge in [-0.15, -0.1) is 12.4 Å². The highest BCUT2D eigenvalue weighted by atomic mass is 35.5. The van der Waals surface area contributed by atoms with Crippen molar-refractivity contribution in [3.8, 4) is 0 Å². The minimum absolute atomic E-state index is 0. The Labute approximate surface area is 152 Å². The standard InChI is InChI=1S/C15H21F2N3O3S.ClH/c16-15(17)24(22,23)20-7-5-12(6-8-20)10-19-14(21)13-3-1-11(9-18)2-4-13;/h1-4,12,15H,5-10,18H2,(H,19,21);1H. The van der Waals surface area contributed by atoms with Crippen LogP contribution in [0.1, 0.15) is 28.8 Å². The summed E-state index contributed by atoms with van der Waals surface area (Å²) in [5.41, 5.74) is 6.95. The third kappa shape index (κ3) is 5.60. The van der Waals surface area contributed by atoms with Crippen molar-refractivity contribution in [1.29, 1.82) is 0 Å². The van der Waals surface area contributed by atoms with Gasteiger partial charge in [-0.1, -0.05) is 12.1 Å². The van der Waals surface area contributed by atoms with Gasteiger partial charge in [-0.05, 0) is 36.5 Å². The SMILES string of the molecule is Cl.NCc1ccc(C(=O)NCC2CCN(S(=O)(=O)C(F)F)CC2)cc1. The molecule has 0 aliphatic carbocycles. The largest absolute Gasteiger partial charge is 0.352 e. The summed E-state index contributed by atoms with van der Waals surface area (Å²) in [5, 5.41) is 2.80. The number of nitrogens with one attached hydrogen (secondary N) is 1. The normalized spacial score (nSPS) is 16.5. The Morgan fingerprint density at radius 2 is 1.80 bits per heavy atom. The second kappa shape index (κ2) is 9.42. The van der Waals surface area contributed by atoms with Gasteiger partial charge in [0.05, 0.1) is 0 Å². The van der Waals surface area contributed by atoms with Crippen molar-refractivity contribution in [2.24, 2.45) is 11.7 Å². The number of sulfonamides is 1. The van der Waals surface area contributed by atoms with Crippen molar-refractivity contribution in [2.75, 3.05) is 19.6 Å². The van der Waals surface area contributed by atoms with Crippen molar-refractivity contribution >= 4 is 28.3 Å². The summed E-state index contributed by atoms with van der Waals surface area (Å²) in [7, 11) is -4.50. The second-order valence-electron chi connectivity index (χ2n) is 5.76. The summed E-state index contributed by atoms with van der Waals surface area (Å²) in [6.07, 6.45) is 0.886. The van der Waals surface area contributed by atoms with Gasteiger partial charge in [0.25, 0.3) is 15.9 Å². The smallest absolute Gasteiger partial charge is 0.350 e. The van der Waals surface area contributed by atoms with Crippen LogP contribution in [0.25, 0.3) is 0 Å². The van der Waals surface area contributed by atoms with Crippen LogP contribution in [0.15, 0.2) is 24.3 Å². The number of carbonyl (C=O) groups is 1. The fourth-order valence-electron chi connectivity index (χ4n) is 2.61. The monoisotopic (exact) mass is 397 g/mol. The van der Waals surface area contributed by atoms with Gasteiger partial charge in [0.15, 0.2) is 0 Å². The molecule has 1 aromatic carbocycles. The number of benzene rings is 1. The van der Waals surface area contributed by atoms with Gasteiger partial charge in [0.1, 0.15) is 0 Å². The zero-order valence-corrected chi connectivity index (χ0v) is 15.2. The molecule has 0 saturated carbocycles. The highest BCUT2D eigenvalue weighted by Crippen LogP contribution is 2.22. The fourth-order valence-corrected chi connectivity index (χ4v) is 3.56. The van der Waals surface area contributed by atoms with E-state index >= 15 is 0 Å². The maximum atomic E-state index is 12.5. The van der Waals surface area contributed by atoms with Gasteiger partial charge >= 0.3 is 5.76 Å². The number of piperidine rings is 1. The van der Waals surface area contributed by atoms with Gasteiger partial charge in [-0.25, -0.2) is 8.42 Å². The average molecular weight is 398 g/mol. The van der Waals surface area contributed by atoms with E-state index in [0.717, 1.165) is 9.87 Å². The lowest BCUT2D eigenvalue weighted by atomic mass is 9.98. The zero-order valence-electron chi connectivity index (χ0n) is 13.5. The third-order valence-corrected chi connectivity index (χ3v) is 5.70. The number of carbonyl (C=O) groups excluding carboxylic acids is 1. The van der Waals surface area contributed by atoms with Gasteiger partial charge in [-0.3, -0.25) is 4.79 Å². The number of rotatable bonds is 6. The van der Waals surface area contributed by atoms with E-state index in [0.29, 0.717) is 31.5 Å². The summed E-state index contributed by atoms with van der Waals surface area (Å²) in [5.74, 6) is -3.53. The molecule has 0 bridgehead atoms. The third-order valence-electron chi connectivity index (χ3n) is 4.16. The van der Waals surface area contributed by atoms with Crippen molar-refractivity contribution in [3.05, 3.63) is 35.4 Å². The van der Waals surface area contributed by atoms with Crippen LogP contribution in [-0.2, 0) is 16.6 Å². The molecule has 3 N–H and O–H groups in total. The average Bonchev–Trinajstić information content (AvgIpc) is 2.60. The highest BCUT2D eigenvalue weighted by molar-refractivity contribution is 7.89. The molecule has 1 aliphatic heterocycles. The Morgan fingerprint density at radius 3 is 2.28 bits per heavy atom. The molecule has 0 aromatic heterocycles. The summed E-state index contributed by atoms with van der Waals surface area (Å²) >= 11 is 0. The number of nitrogens with two attached hydrogens (primary N) is 1. The maximum absolute atomic E-state index is 12.5. The van der Waals surface area contributed by atoms with E-state index in [1.807, 2.05) is 0 Å². The van der Waals surface area contributed by atoms with Crippen LogP contribution < -0.4 is 11.1 Å². The first-order valence-corrected chi connectivity index (χ1v) is 9.19. The number of nitrogens with zero attached hydrogens (tertiary/aromatic N) is 1. The lowest BCUT2D eigenvalue weighted by Crippen LogP contribution is -2.43. The maximum Gasteiger partial charge on any atom is 0.350 e. The van der Waals surface area contributed by atoms with Crippen molar-refractivity contribution in [3.63, 3.8) is 0 Å². The topological polar surface area (TPSA) is 92.5 Å². The molecule has 1 saturated heterocycles. The molecule has 1 amide bonds. The number of hydrogen-bond acceptors (Lipinski definition) is 4. The van der Waals surface area contributed by atoms with E-state index in [9.17, 15) is 22.0 Å². The minimum Gasteiger partial charge on any atom is -0.352 e. The number of hydrogen-bond donors (Lipinski definition) is 2. The van der Waals surface area contributed by atoms with Gasteiger partial charge in [0.2, 0.25) is 0 Å². The van der Waals surface area contributed by atoms with Crippen LogP contribution in [-0.4, -0.2) is 44.0 Å². The predicted molar refractivity (Wildman–Crippen MR) is 93.1 cm³/mol. The molecule has 0 spiro atoms. The number of alkyl halides is 2. The first-order valence-electron chi connectivity index (χ1n) is 7.69. The van der Waals surface area contributed by atoms with E-state index in [1.54, 1.807) is 24.3 Å². The summed E-state index contributed by atoms with van der Waals surface area (Å²) in [6, 6.07) is 6.94. The Kier molecular flexibility index (Phi) is 8.20. The van der Waals surface area contributed by atoms with Crippen LogP contribution >= 0.6 is 12.4 Å². The molecule has 1 heterocycles. The molecule has 142 valence electrons. The second-order valence-corrected chi connectivity index (χ2v) is 7.66. The Hall–Kier alpha value is -1.29. The fraction of sp³-hybridized carbons (Fsp3) is 0.533. The van der Waals surface area contributed by atoms with E-state index in [4.69, 9.17) is 5.73 Å². The molecule has 10 heteroatoms. The van der Waals surface area contributed by atoms with E-state index < -0.39 is 15.8 Å². The van der Waals surface area contributed by atoms with Gasteiger partial charge < -0.3 is 11.1 Å². The molecule has 0 radical (unpaired) electrons. The molecule has 2 rings (SSSR count). The van der Waals surface area contributed by atoms with Crippen molar-refractivity contribution < 1.29 is 22.0 Å². The van der Waals surface area contributed by atoms with Crippen LogP contribution in [0.2, 0.25) is 0 Å². The first kappa shape index (κ1) is 21.8. The van der Waals surface area contributed by atoms with Crippen molar-refractivity contribution in [1.82, 2.24) is 9.62 Å². The number of amides is 1. The molecule has 25 heavy (non-hydrogen) atoms. The molecule has 0 unspecified atom stereocenters. The lowest BCUT2D eigenvalue weighted by Gasteiger charge is -2.30. The highest BCUT2D eigenvalue weighted by Gasteiger charge is 2.34. The number of halogens is 3. The van der Waals surface area contributed by atoms with Gasteiger partial charge in [0, 0.05) is 31.7 Å². The van der Waals surface area contributed by atoms with Crippen LogP contribution in [0.3, 0.4) is 0 Å². The molecular formula is C15H22ClF2N3O3S. The first-order chi connectivity index (χ1) is 11.3. The molecule has 1 fully saturated rings. The van der Waals surface area contributed by atoms with Crippen LogP contribution in [0.4, 0.5) is 8.78 Å². The Bertz CT molecular complexity index is 663. The van der Waals surface area contributed by atoms with E-state index in [1.165, 1.54) is 0 Å².